The summed E-state index contributed by atoms with van der Waals surface area (Å²) in [5.74, 6) is 0. The van der Waals surface area contributed by atoms with E-state index >= 15 is 0 Å². The van der Waals surface area contributed by atoms with Crippen LogP contribution in [0.3, 0.4) is 0 Å². The van der Waals surface area contributed by atoms with E-state index in [4.69, 9.17) is 10.2 Å². The quantitative estimate of drug-likeness (QED) is 0.687. The Kier molecular flexibility index (Phi) is 3.74. The predicted octanol–water partition coefficient (Wildman–Crippen LogP) is 2.11. The molecule has 1 rings (SSSR count). The summed E-state index contributed by atoms with van der Waals surface area (Å²) in [4.78, 5) is 0. The predicted molar refractivity (Wildman–Crippen MR) is 54.7 cm³/mol. The average molecular weight is 187 g/mol. The van der Waals surface area contributed by atoms with E-state index < -0.39 is 8.32 Å². The van der Waals surface area contributed by atoms with Gasteiger partial charge in [-0.1, -0.05) is 6.42 Å². The fraction of sp³-hybridized carbons (Fsp3) is 1.00. The molecule has 0 aromatic carbocycles. The molecule has 3 heteroatoms. The van der Waals surface area contributed by atoms with Gasteiger partial charge in [0.05, 0.1) is 0 Å². The van der Waals surface area contributed by atoms with Crippen molar-refractivity contribution < 1.29 is 4.43 Å². The molecule has 0 aromatic rings. The lowest BCUT2D eigenvalue weighted by molar-refractivity contribution is 0.175. The molecule has 0 bridgehead atoms. The van der Waals surface area contributed by atoms with Gasteiger partial charge in [-0.2, -0.15) is 0 Å². The maximum Gasteiger partial charge on any atom is 0.190 e. The van der Waals surface area contributed by atoms with Gasteiger partial charge in [-0.25, -0.2) is 0 Å². The van der Waals surface area contributed by atoms with Crippen molar-refractivity contribution in [2.75, 3.05) is 6.54 Å². The van der Waals surface area contributed by atoms with E-state index in [1.807, 2.05) is 0 Å². The summed E-state index contributed by atoms with van der Waals surface area (Å²) in [7, 11) is -1.30. The molecule has 1 fully saturated rings. The summed E-state index contributed by atoms with van der Waals surface area (Å²) in [6.45, 7) is 5.38. The second-order valence-corrected chi connectivity index (χ2v) is 8.30. The standard InChI is InChI=1S/C9H21NOSi/c1-9-5-3-7-12(2,11-9)8-4-6-10/h9H,3-8,10H2,1-2H3. The first-order valence-electron chi connectivity index (χ1n) is 5.04. The van der Waals surface area contributed by atoms with Crippen molar-refractivity contribution in [3.8, 4) is 0 Å². The van der Waals surface area contributed by atoms with Crippen LogP contribution in [0.5, 0.6) is 0 Å². The lowest BCUT2D eigenvalue weighted by Gasteiger charge is -2.35. The fourth-order valence-electron chi connectivity index (χ4n) is 2.03. The molecule has 2 nitrogen and oxygen atoms in total. The van der Waals surface area contributed by atoms with E-state index in [0.717, 1.165) is 13.0 Å². The van der Waals surface area contributed by atoms with Gasteiger partial charge in [0.25, 0.3) is 0 Å². The molecule has 72 valence electrons. The van der Waals surface area contributed by atoms with Crippen LogP contribution in [0.25, 0.3) is 0 Å². The molecule has 0 saturated carbocycles. The first-order valence-corrected chi connectivity index (χ1v) is 7.86. The molecule has 1 heterocycles. The summed E-state index contributed by atoms with van der Waals surface area (Å²) in [5, 5.41) is 0. The van der Waals surface area contributed by atoms with Gasteiger partial charge < -0.3 is 10.2 Å². The minimum Gasteiger partial charge on any atom is -0.414 e. The third-order valence-electron chi connectivity index (χ3n) is 2.71. The van der Waals surface area contributed by atoms with E-state index in [-0.39, 0.29) is 0 Å². The molecule has 2 N–H and O–H groups in total. The summed E-state index contributed by atoms with van der Waals surface area (Å²) in [6.07, 6.45) is 4.28. The highest BCUT2D eigenvalue weighted by Crippen LogP contribution is 2.29. The Morgan fingerprint density at radius 1 is 1.58 bits per heavy atom. The van der Waals surface area contributed by atoms with E-state index in [9.17, 15) is 0 Å². The number of hydrogen-bond acceptors (Lipinski definition) is 2. The van der Waals surface area contributed by atoms with Gasteiger partial charge in [0.2, 0.25) is 0 Å². The van der Waals surface area contributed by atoms with E-state index in [2.05, 4.69) is 13.5 Å². The van der Waals surface area contributed by atoms with Gasteiger partial charge in [0.1, 0.15) is 0 Å². The molecular formula is C9H21NOSi. The van der Waals surface area contributed by atoms with Crippen molar-refractivity contribution in [1.82, 2.24) is 0 Å². The third kappa shape index (κ3) is 2.88. The second kappa shape index (κ2) is 4.39. The van der Waals surface area contributed by atoms with E-state index in [1.165, 1.54) is 24.9 Å². The molecule has 0 amide bonds. The zero-order valence-electron chi connectivity index (χ0n) is 8.31. The van der Waals surface area contributed by atoms with Crippen LogP contribution in [0.1, 0.15) is 26.2 Å². The highest BCUT2D eigenvalue weighted by molar-refractivity contribution is 6.72. The van der Waals surface area contributed by atoms with Crippen LogP contribution in [0.15, 0.2) is 0 Å². The van der Waals surface area contributed by atoms with Gasteiger partial charge in [-0.05, 0) is 44.9 Å². The minimum atomic E-state index is -1.30. The molecule has 1 aliphatic rings. The molecule has 1 aliphatic heterocycles. The zero-order valence-corrected chi connectivity index (χ0v) is 9.31. The Bertz CT molecular complexity index is 142. The Labute approximate surface area is 76.6 Å². The summed E-state index contributed by atoms with van der Waals surface area (Å²) in [6, 6.07) is 2.60. The van der Waals surface area contributed by atoms with E-state index in [0.29, 0.717) is 6.10 Å². The largest absolute Gasteiger partial charge is 0.414 e. The molecule has 0 spiro atoms. The smallest absolute Gasteiger partial charge is 0.190 e. The third-order valence-corrected chi connectivity index (χ3v) is 6.51. The second-order valence-electron chi connectivity index (χ2n) is 4.16. The van der Waals surface area contributed by atoms with Crippen LogP contribution < -0.4 is 5.73 Å². The number of hydrogen-bond donors (Lipinski definition) is 1. The minimum absolute atomic E-state index is 0.508. The molecule has 2 unspecified atom stereocenters. The van der Waals surface area contributed by atoms with Crippen molar-refractivity contribution in [3.05, 3.63) is 0 Å². The van der Waals surface area contributed by atoms with Crippen LogP contribution in [0.2, 0.25) is 18.6 Å². The Morgan fingerprint density at radius 2 is 2.33 bits per heavy atom. The summed E-state index contributed by atoms with van der Waals surface area (Å²) in [5.41, 5.74) is 5.51. The maximum atomic E-state index is 6.06. The Balaban J connectivity index is 2.35. The van der Waals surface area contributed by atoms with Crippen LogP contribution >= 0.6 is 0 Å². The van der Waals surface area contributed by atoms with E-state index in [1.54, 1.807) is 0 Å². The molecule has 0 aromatic heterocycles. The molecule has 2 atom stereocenters. The summed E-state index contributed by atoms with van der Waals surface area (Å²) < 4.78 is 6.06. The SMILES string of the molecule is CC1CCC[Si](C)(CCCN)O1. The highest BCUT2D eigenvalue weighted by atomic mass is 28.4. The monoisotopic (exact) mass is 187 g/mol. The normalized spacial score (nSPS) is 36.8. The van der Waals surface area contributed by atoms with Crippen LogP contribution in [0.4, 0.5) is 0 Å². The number of rotatable bonds is 3. The summed E-state index contributed by atoms with van der Waals surface area (Å²) >= 11 is 0. The first-order chi connectivity index (χ1) is 5.66. The van der Waals surface area contributed by atoms with Gasteiger partial charge in [0.15, 0.2) is 8.32 Å². The lowest BCUT2D eigenvalue weighted by Crippen LogP contribution is -2.41. The zero-order chi connectivity index (χ0) is 9.03. The van der Waals surface area contributed by atoms with Crippen molar-refractivity contribution in [1.29, 1.82) is 0 Å². The first kappa shape index (κ1) is 10.2. The fourth-order valence-corrected chi connectivity index (χ4v) is 5.51. The van der Waals surface area contributed by atoms with Crippen molar-refractivity contribution in [2.45, 2.75) is 50.9 Å². The lowest BCUT2D eigenvalue weighted by atomic mass is 10.2. The molecule has 12 heavy (non-hydrogen) atoms. The van der Waals surface area contributed by atoms with Crippen LogP contribution in [0, 0.1) is 0 Å². The average Bonchev–Trinajstić information content (AvgIpc) is 2.01. The van der Waals surface area contributed by atoms with Gasteiger partial charge >= 0.3 is 0 Å². The van der Waals surface area contributed by atoms with Crippen LogP contribution in [-0.2, 0) is 4.43 Å². The maximum absolute atomic E-state index is 6.06. The molecular weight excluding hydrogens is 166 g/mol. The topological polar surface area (TPSA) is 35.2 Å². The van der Waals surface area contributed by atoms with Crippen molar-refractivity contribution in [3.63, 3.8) is 0 Å². The Hall–Kier alpha value is 0.137. The van der Waals surface area contributed by atoms with Gasteiger partial charge in [0, 0.05) is 6.10 Å². The Morgan fingerprint density at radius 3 is 2.92 bits per heavy atom. The number of nitrogens with two attached hydrogens (primary N) is 1. The van der Waals surface area contributed by atoms with Crippen molar-refractivity contribution >= 4 is 8.32 Å². The molecule has 0 aliphatic carbocycles. The highest BCUT2D eigenvalue weighted by Gasteiger charge is 2.33. The molecule has 0 radical (unpaired) electrons. The van der Waals surface area contributed by atoms with Crippen LogP contribution in [-0.4, -0.2) is 21.0 Å². The van der Waals surface area contributed by atoms with Gasteiger partial charge in [-0.15, -0.1) is 0 Å². The van der Waals surface area contributed by atoms with Gasteiger partial charge in [-0.3, -0.25) is 0 Å². The van der Waals surface area contributed by atoms with Crippen molar-refractivity contribution in [2.24, 2.45) is 5.73 Å². The molecule has 1 saturated heterocycles.